The van der Waals surface area contributed by atoms with Gasteiger partial charge >= 0.3 is 0 Å². The molecule has 0 bridgehead atoms. The van der Waals surface area contributed by atoms with E-state index < -0.39 is 5.91 Å². The summed E-state index contributed by atoms with van der Waals surface area (Å²) in [5.41, 5.74) is 7.02. The number of nitrogens with zero attached hydrogens (tertiary/aromatic N) is 3. The average molecular weight is 244 g/mol. The molecule has 0 radical (unpaired) electrons. The number of fused-ring (bicyclic) bond motifs is 1. The van der Waals surface area contributed by atoms with Crippen molar-refractivity contribution in [2.45, 2.75) is 0 Å². The van der Waals surface area contributed by atoms with Gasteiger partial charge in [0.05, 0.1) is 5.56 Å². The third-order valence-corrected chi connectivity index (χ3v) is 3.20. The quantitative estimate of drug-likeness (QED) is 0.743. The second-order valence-electron chi connectivity index (χ2n) is 3.48. The molecule has 0 atom stereocenters. The van der Waals surface area contributed by atoms with Crippen LogP contribution in [0, 0.1) is 0 Å². The van der Waals surface area contributed by atoms with E-state index in [-0.39, 0.29) is 0 Å². The van der Waals surface area contributed by atoms with Crippen molar-refractivity contribution in [3.63, 3.8) is 0 Å². The molecule has 3 heterocycles. The standard InChI is InChI=1S/C11H8N4OS/c12-9(16)7-2-1-4-15-6-8(14-10(7)15)11-13-3-5-17-11/h1-6H,(H2,12,16). The van der Waals surface area contributed by atoms with Gasteiger partial charge in [-0.3, -0.25) is 4.79 Å². The number of thiazole rings is 1. The molecule has 3 aromatic rings. The van der Waals surface area contributed by atoms with Crippen LogP contribution in [0.15, 0.2) is 36.1 Å². The number of hydrogen-bond acceptors (Lipinski definition) is 4. The Bertz CT molecular complexity index is 687. The lowest BCUT2D eigenvalue weighted by Crippen LogP contribution is -2.12. The second kappa shape index (κ2) is 3.67. The maximum atomic E-state index is 11.3. The van der Waals surface area contributed by atoms with E-state index in [1.165, 1.54) is 11.3 Å². The van der Waals surface area contributed by atoms with E-state index in [9.17, 15) is 4.79 Å². The van der Waals surface area contributed by atoms with Crippen LogP contribution >= 0.6 is 11.3 Å². The first kappa shape index (κ1) is 9.98. The number of carbonyl (C=O) groups excluding carboxylic acids is 1. The minimum absolute atomic E-state index is 0.412. The van der Waals surface area contributed by atoms with Crippen LogP contribution in [0.2, 0.25) is 0 Å². The summed E-state index contributed by atoms with van der Waals surface area (Å²) in [4.78, 5) is 19.8. The van der Waals surface area contributed by atoms with Gasteiger partial charge in [-0.25, -0.2) is 9.97 Å². The fraction of sp³-hybridized carbons (Fsp3) is 0. The monoisotopic (exact) mass is 244 g/mol. The van der Waals surface area contributed by atoms with Crippen molar-refractivity contribution in [2.75, 3.05) is 0 Å². The fourth-order valence-electron chi connectivity index (χ4n) is 1.66. The predicted molar refractivity (Wildman–Crippen MR) is 64.8 cm³/mol. The Hall–Kier alpha value is -2.21. The largest absolute Gasteiger partial charge is 0.365 e. The predicted octanol–water partition coefficient (Wildman–Crippen LogP) is 1.56. The highest BCUT2D eigenvalue weighted by atomic mass is 32.1. The van der Waals surface area contributed by atoms with E-state index in [1.54, 1.807) is 22.7 Å². The van der Waals surface area contributed by atoms with Gasteiger partial charge in [0.15, 0.2) is 0 Å². The highest BCUT2D eigenvalue weighted by molar-refractivity contribution is 7.13. The van der Waals surface area contributed by atoms with Crippen LogP contribution in [0.1, 0.15) is 10.4 Å². The molecular formula is C11H8N4OS. The molecule has 6 heteroatoms. The third-order valence-electron chi connectivity index (χ3n) is 2.40. The van der Waals surface area contributed by atoms with Crippen molar-refractivity contribution in [1.82, 2.24) is 14.4 Å². The zero-order valence-electron chi connectivity index (χ0n) is 8.70. The first-order valence-electron chi connectivity index (χ1n) is 4.93. The molecule has 0 aromatic carbocycles. The van der Waals surface area contributed by atoms with Crippen molar-refractivity contribution in [1.29, 1.82) is 0 Å². The molecule has 1 amide bonds. The number of pyridine rings is 1. The summed E-state index contributed by atoms with van der Waals surface area (Å²) in [6, 6.07) is 3.43. The number of aromatic nitrogens is 3. The van der Waals surface area contributed by atoms with E-state index >= 15 is 0 Å². The van der Waals surface area contributed by atoms with Gasteiger partial charge in [-0.15, -0.1) is 11.3 Å². The number of rotatable bonds is 2. The highest BCUT2D eigenvalue weighted by Gasteiger charge is 2.12. The molecule has 0 unspecified atom stereocenters. The lowest BCUT2D eigenvalue weighted by Gasteiger charge is -1.96. The number of primary amides is 1. The van der Waals surface area contributed by atoms with E-state index in [2.05, 4.69) is 9.97 Å². The summed E-state index contributed by atoms with van der Waals surface area (Å²) in [5, 5.41) is 2.71. The van der Waals surface area contributed by atoms with E-state index in [0.29, 0.717) is 11.2 Å². The highest BCUT2D eigenvalue weighted by Crippen LogP contribution is 2.22. The summed E-state index contributed by atoms with van der Waals surface area (Å²) in [5.74, 6) is -0.480. The number of carbonyl (C=O) groups is 1. The van der Waals surface area contributed by atoms with Crippen LogP contribution in [0.4, 0.5) is 0 Å². The summed E-state index contributed by atoms with van der Waals surface area (Å²) in [6.07, 6.45) is 5.38. The molecule has 3 aromatic heterocycles. The zero-order chi connectivity index (χ0) is 11.8. The minimum atomic E-state index is -0.480. The molecule has 0 fully saturated rings. The smallest absolute Gasteiger partial charge is 0.252 e. The molecule has 84 valence electrons. The van der Waals surface area contributed by atoms with E-state index in [1.807, 2.05) is 17.8 Å². The van der Waals surface area contributed by atoms with Crippen molar-refractivity contribution >= 4 is 22.9 Å². The van der Waals surface area contributed by atoms with Gasteiger partial charge in [0, 0.05) is 24.0 Å². The SMILES string of the molecule is NC(=O)c1cccn2cc(-c3nccs3)nc12. The lowest BCUT2D eigenvalue weighted by molar-refractivity contribution is 0.100. The number of nitrogens with two attached hydrogens (primary N) is 1. The van der Waals surface area contributed by atoms with Crippen LogP contribution < -0.4 is 5.73 Å². The van der Waals surface area contributed by atoms with Crippen molar-refractivity contribution in [3.05, 3.63) is 41.7 Å². The molecule has 2 N–H and O–H groups in total. The summed E-state index contributed by atoms with van der Waals surface area (Å²) >= 11 is 1.50. The molecule has 3 rings (SSSR count). The molecule has 0 aliphatic rings. The molecule has 0 aliphatic heterocycles. The van der Waals surface area contributed by atoms with Gasteiger partial charge < -0.3 is 10.1 Å². The molecule has 5 nitrogen and oxygen atoms in total. The van der Waals surface area contributed by atoms with Gasteiger partial charge in [-0.2, -0.15) is 0 Å². The topological polar surface area (TPSA) is 73.3 Å². The molecule has 17 heavy (non-hydrogen) atoms. The lowest BCUT2D eigenvalue weighted by atomic mass is 10.2. The van der Waals surface area contributed by atoms with Crippen LogP contribution in [0.5, 0.6) is 0 Å². The minimum Gasteiger partial charge on any atom is -0.365 e. The molecule has 0 saturated heterocycles. The van der Waals surface area contributed by atoms with Gasteiger partial charge in [0.1, 0.15) is 16.3 Å². The van der Waals surface area contributed by atoms with E-state index in [0.717, 1.165) is 10.7 Å². The fourth-order valence-corrected chi connectivity index (χ4v) is 2.25. The number of imidazole rings is 1. The van der Waals surface area contributed by atoms with Gasteiger partial charge in [0.25, 0.3) is 5.91 Å². The molecule has 0 spiro atoms. The van der Waals surface area contributed by atoms with Gasteiger partial charge in [-0.1, -0.05) is 0 Å². The van der Waals surface area contributed by atoms with Gasteiger partial charge in [0.2, 0.25) is 0 Å². The van der Waals surface area contributed by atoms with Crippen molar-refractivity contribution < 1.29 is 4.79 Å². The Morgan fingerprint density at radius 2 is 2.35 bits per heavy atom. The maximum absolute atomic E-state index is 11.3. The van der Waals surface area contributed by atoms with E-state index in [4.69, 9.17) is 5.73 Å². The average Bonchev–Trinajstić information content (AvgIpc) is 2.96. The summed E-state index contributed by atoms with van der Waals surface area (Å²) < 4.78 is 1.77. The Morgan fingerprint density at radius 3 is 3.06 bits per heavy atom. The zero-order valence-corrected chi connectivity index (χ0v) is 9.52. The van der Waals surface area contributed by atoms with Crippen molar-refractivity contribution in [2.24, 2.45) is 5.73 Å². The van der Waals surface area contributed by atoms with Crippen LogP contribution in [-0.2, 0) is 0 Å². The summed E-state index contributed by atoms with van der Waals surface area (Å²) in [6.45, 7) is 0. The Kier molecular flexibility index (Phi) is 2.15. The van der Waals surface area contributed by atoms with Crippen molar-refractivity contribution in [3.8, 4) is 10.7 Å². The Labute approximate surface area is 101 Å². The number of hydrogen-bond donors (Lipinski definition) is 1. The Morgan fingerprint density at radius 1 is 1.47 bits per heavy atom. The first-order chi connectivity index (χ1) is 8.25. The first-order valence-corrected chi connectivity index (χ1v) is 5.81. The normalized spacial score (nSPS) is 10.8. The molecular weight excluding hydrogens is 236 g/mol. The third kappa shape index (κ3) is 1.58. The van der Waals surface area contributed by atoms with Crippen LogP contribution in [0.25, 0.3) is 16.3 Å². The van der Waals surface area contributed by atoms with Crippen LogP contribution in [0.3, 0.4) is 0 Å². The second-order valence-corrected chi connectivity index (χ2v) is 4.37. The maximum Gasteiger partial charge on any atom is 0.252 e. The summed E-state index contributed by atoms with van der Waals surface area (Å²) in [7, 11) is 0. The Balaban J connectivity index is 2.26. The molecule has 0 saturated carbocycles. The number of amides is 1. The molecule has 0 aliphatic carbocycles. The van der Waals surface area contributed by atoms with Crippen LogP contribution in [-0.4, -0.2) is 20.3 Å². The van der Waals surface area contributed by atoms with Gasteiger partial charge in [-0.05, 0) is 12.1 Å².